The lowest BCUT2D eigenvalue weighted by Gasteiger charge is -2.16. The summed E-state index contributed by atoms with van der Waals surface area (Å²) in [5.41, 5.74) is 2.10. The number of rotatable bonds is 3. The molecule has 2 unspecified atom stereocenters. The van der Waals surface area contributed by atoms with E-state index in [4.69, 9.17) is 4.74 Å². The van der Waals surface area contributed by atoms with Crippen LogP contribution in [0.3, 0.4) is 0 Å². The minimum atomic E-state index is -0.723. The third-order valence-electron chi connectivity index (χ3n) is 3.66. The van der Waals surface area contributed by atoms with Crippen LogP contribution in [-0.2, 0) is 4.79 Å². The van der Waals surface area contributed by atoms with Crippen LogP contribution in [0.15, 0.2) is 18.2 Å². The highest BCUT2D eigenvalue weighted by molar-refractivity contribution is 5.78. The average molecular weight is 234 g/mol. The van der Waals surface area contributed by atoms with Crippen LogP contribution in [0.4, 0.5) is 0 Å². The van der Waals surface area contributed by atoms with Gasteiger partial charge in [-0.25, -0.2) is 0 Å². The van der Waals surface area contributed by atoms with Crippen molar-refractivity contribution in [2.75, 3.05) is 7.11 Å². The van der Waals surface area contributed by atoms with Crippen molar-refractivity contribution < 1.29 is 14.6 Å². The first-order valence-corrected chi connectivity index (χ1v) is 5.95. The molecule has 0 radical (unpaired) electrons. The first-order valence-electron chi connectivity index (χ1n) is 5.95. The van der Waals surface area contributed by atoms with E-state index in [0.717, 1.165) is 16.9 Å². The van der Waals surface area contributed by atoms with E-state index in [1.54, 1.807) is 7.11 Å². The highest BCUT2D eigenvalue weighted by Crippen LogP contribution is 2.46. The molecule has 1 N–H and O–H groups in total. The highest BCUT2D eigenvalue weighted by Gasteiger charge is 2.36. The number of fused-ring (bicyclic) bond motifs is 1. The molecule has 0 bridgehead atoms. The molecule has 0 amide bonds. The quantitative estimate of drug-likeness (QED) is 0.874. The van der Waals surface area contributed by atoms with Crippen LogP contribution in [-0.4, -0.2) is 18.2 Å². The van der Waals surface area contributed by atoms with Gasteiger partial charge >= 0.3 is 5.97 Å². The molecule has 17 heavy (non-hydrogen) atoms. The van der Waals surface area contributed by atoms with Gasteiger partial charge in [0.1, 0.15) is 5.75 Å². The molecule has 1 aromatic rings. The van der Waals surface area contributed by atoms with E-state index in [0.29, 0.717) is 18.3 Å². The summed E-state index contributed by atoms with van der Waals surface area (Å²) < 4.78 is 5.22. The number of aliphatic carboxylic acids is 1. The van der Waals surface area contributed by atoms with Crippen molar-refractivity contribution in [3.63, 3.8) is 0 Å². The Bertz CT molecular complexity index is 437. The third kappa shape index (κ3) is 2.02. The van der Waals surface area contributed by atoms with Crippen LogP contribution in [0.1, 0.15) is 43.2 Å². The van der Waals surface area contributed by atoms with Crippen LogP contribution in [0.25, 0.3) is 0 Å². The molecule has 0 heterocycles. The Balaban J connectivity index is 2.47. The number of hydrogen-bond acceptors (Lipinski definition) is 2. The molecule has 92 valence electrons. The minimum Gasteiger partial charge on any atom is -0.497 e. The molecule has 0 fully saturated rings. The van der Waals surface area contributed by atoms with Gasteiger partial charge in [0.2, 0.25) is 0 Å². The summed E-state index contributed by atoms with van der Waals surface area (Å²) in [6, 6.07) is 5.73. The molecule has 2 rings (SSSR count). The zero-order chi connectivity index (χ0) is 12.6. The number of carboxylic acids is 1. The van der Waals surface area contributed by atoms with Gasteiger partial charge in [-0.15, -0.1) is 0 Å². The normalized spacial score (nSPS) is 22.6. The molecule has 1 aliphatic carbocycles. The fraction of sp³-hybridized carbons (Fsp3) is 0.500. The Morgan fingerprint density at radius 2 is 2.12 bits per heavy atom. The molecular formula is C14H18O3. The second-order valence-electron chi connectivity index (χ2n) is 4.97. The summed E-state index contributed by atoms with van der Waals surface area (Å²) >= 11 is 0. The minimum absolute atomic E-state index is 0.321. The molecule has 0 saturated heterocycles. The lowest BCUT2D eigenvalue weighted by atomic mass is 9.89. The maximum absolute atomic E-state index is 11.3. The van der Waals surface area contributed by atoms with Crippen LogP contribution >= 0.6 is 0 Å². The molecule has 3 nitrogen and oxygen atoms in total. The lowest BCUT2D eigenvalue weighted by molar-refractivity contribution is -0.138. The monoisotopic (exact) mass is 234 g/mol. The van der Waals surface area contributed by atoms with Gasteiger partial charge in [-0.3, -0.25) is 4.79 Å². The fourth-order valence-electron chi connectivity index (χ4n) is 2.69. The molecule has 0 saturated carbocycles. The summed E-state index contributed by atoms with van der Waals surface area (Å²) in [5.74, 6) is 0.495. The lowest BCUT2D eigenvalue weighted by Crippen LogP contribution is -2.09. The average Bonchev–Trinajstić information content (AvgIpc) is 2.67. The Morgan fingerprint density at radius 3 is 2.65 bits per heavy atom. The number of carboxylic acid groups (broad SMARTS) is 1. The first kappa shape index (κ1) is 12.0. The fourth-order valence-corrected chi connectivity index (χ4v) is 2.69. The zero-order valence-corrected chi connectivity index (χ0v) is 10.4. The van der Waals surface area contributed by atoms with Crippen molar-refractivity contribution in [3.8, 4) is 5.75 Å². The predicted molar refractivity (Wildman–Crippen MR) is 65.6 cm³/mol. The van der Waals surface area contributed by atoms with Crippen molar-refractivity contribution >= 4 is 5.97 Å². The number of carbonyl (C=O) groups is 1. The van der Waals surface area contributed by atoms with Crippen LogP contribution in [0.2, 0.25) is 0 Å². The van der Waals surface area contributed by atoms with Gasteiger partial charge in [0.15, 0.2) is 0 Å². The van der Waals surface area contributed by atoms with Crippen molar-refractivity contribution in [3.05, 3.63) is 29.3 Å². The van der Waals surface area contributed by atoms with Gasteiger partial charge in [-0.05, 0) is 41.5 Å². The molecule has 0 spiro atoms. The molecule has 0 aromatic heterocycles. The Morgan fingerprint density at radius 1 is 1.41 bits per heavy atom. The van der Waals surface area contributed by atoms with Crippen LogP contribution in [0.5, 0.6) is 5.75 Å². The van der Waals surface area contributed by atoms with Crippen molar-refractivity contribution in [1.29, 1.82) is 0 Å². The number of benzene rings is 1. The number of ether oxygens (including phenoxy) is 1. The molecule has 2 atom stereocenters. The standard InChI is InChI=1S/C14H18O3/c1-8(2)11-7-13(14(15)16)10-5-4-9(17-3)6-12(10)11/h4-6,8,11,13H,7H2,1-3H3,(H,15,16). The van der Waals surface area contributed by atoms with E-state index >= 15 is 0 Å². The maximum atomic E-state index is 11.3. The van der Waals surface area contributed by atoms with Crippen molar-refractivity contribution in [1.82, 2.24) is 0 Å². The molecule has 1 aromatic carbocycles. The zero-order valence-electron chi connectivity index (χ0n) is 10.4. The second kappa shape index (κ2) is 4.40. The molecule has 0 aliphatic heterocycles. The second-order valence-corrected chi connectivity index (χ2v) is 4.97. The SMILES string of the molecule is COc1ccc2c(c1)C(C(C)C)CC2C(=O)O. The van der Waals surface area contributed by atoms with E-state index in [1.165, 1.54) is 0 Å². The molecule has 3 heteroatoms. The van der Waals surface area contributed by atoms with Gasteiger partial charge in [0, 0.05) is 0 Å². The Kier molecular flexibility index (Phi) is 3.09. The summed E-state index contributed by atoms with van der Waals surface area (Å²) in [4.78, 5) is 11.3. The highest BCUT2D eigenvalue weighted by atomic mass is 16.5. The summed E-state index contributed by atoms with van der Waals surface area (Å²) in [6.45, 7) is 4.27. The Labute approximate surface area is 101 Å². The van der Waals surface area contributed by atoms with Gasteiger partial charge in [0.05, 0.1) is 13.0 Å². The maximum Gasteiger partial charge on any atom is 0.311 e. The summed E-state index contributed by atoms with van der Waals surface area (Å²) in [7, 11) is 1.63. The van der Waals surface area contributed by atoms with E-state index in [9.17, 15) is 9.90 Å². The third-order valence-corrected chi connectivity index (χ3v) is 3.66. The van der Waals surface area contributed by atoms with E-state index < -0.39 is 5.97 Å². The topological polar surface area (TPSA) is 46.5 Å². The van der Waals surface area contributed by atoms with Crippen molar-refractivity contribution in [2.24, 2.45) is 5.92 Å². The van der Waals surface area contributed by atoms with E-state index in [-0.39, 0.29) is 5.92 Å². The van der Waals surface area contributed by atoms with Gasteiger partial charge in [0.25, 0.3) is 0 Å². The summed E-state index contributed by atoms with van der Waals surface area (Å²) in [6.07, 6.45) is 0.704. The number of hydrogen-bond donors (Lipinski definition) is 1. The van der Waals surface area contributed by atoms with E-state index in [2.05, 4.69) is 13.8 Å². The number of methoxy groups -OCH3 is 1. The largest absolute Gasteiger partial charge is 0.497 e. The van der Waals surface area contributed by atoms with Gasteiger partial charge in [-0.2, -0.15) is 0 Å². The van der Waals surface area contributed by atoms with Crippen LogP contribution < -0.4 is 4.74 Å². The summed E-state index contributed by atoms with van der Waals surface area (Å²) in [5, 5.41) is 9.25. The Hall–Kier alpha value is -1.51. The van der Waals surface area contributed by atoms with Crippen LogP contribution in [0, 0.1) is 5.92 Å². The van der Waals surface area contributed by atoms with E-state index in [1.807, 2.05) is 18.2 Å². The smallest absolute Gasteiger partial charge is 0.311 e. The first-order chi connectivity index (χ1) is 8.04. The molecule has 1 aliphatic rings. The van der Waals surface area contributed by atoms with Gasteiger partial charge < -0.3 is 9.84 Å². The van der Waals surface area contributed by atoms with Crippen molar-refractivity contribution in [2.45, 2.75) is 32.1 Å². The van der Waals surface area contributed by atoms with Gasteiger partial charge in [-0.1, -0.05) is 19.9 Å². The molecular weight excluding hydrogens is 216 g/mol. The predicted octanol–water partition coefficient (Wildman–Crippen LogP) is 3.01.